The molecule has 0 fully saturated rings. The molecule has 0 saturated heterocycles. The average molecular weight is 428 g/mol. The smallest absolute Gasteiger partial charge is 0.316 e. The van der Waals surface area contributed by atoms with E-state index in [1.165, 1.54) is 25.3 Å². The van der Waals surface area contributed by atoms with Crippen molar-refractivity contribution in [2.45, 2.75) is 69.9 Å². The number of benzene rings is 1. The monoisotopic (exact) mass is 427 g/mol. The van der Waals surface area contributed by atoms with Gasteiger partial charge in [-0.3, -0.25) is 9.59 Å². The molecule has 2 rings (SSSR count). The minimum atomic E-state index is -2.20. The van der Waals surface area contributed by atoms with Gasteiger partial charge in [0.1, 0.15) is 5.76 Å². The zero-order chi connectivity index (χ0) is 20.6. The van der Waals surface area contributed by atoms with Gasteiger partial charge in [0, 0.05) is 16.8 Å². The fraction of sp³-hybridized carbons (Fsp3) is 0.524. The number of thioether (sulfide) groups is 1. The van der Waals surface area contributed by atoms with E-state index < -0.39 is 17.0 Å². The van der Waals surface area contributed by atoms with Crippen molar-refractivity contribution in [1.82, 2.24) is 0 Å². The molecule has 0 radical (unpaired) electrons. The quantitative estimate of drug-likeness (QED) is 0.423. The fourth-order valence-corrected chi connectivity index (χ4v) is 4.22. The van der Waals surface area contributed by atoms with Crippen molar-refractivity contribution in [3.63, 3.8) is 0 Å². The molecule has 1 aromatic rings. The number of rotatable bonds is 11. The third kappa shape index (κ3) is 6.82. The second kappa shape index (κ2) is 10.9. The maximum atomic E-state index is 14.4. The van der Waals surface area contributed by atoms with Crippen molar-refractivity contribution in [3.05, 3.63) is 41.1 Å². The molecule has 4 nitrogen and oxygen atoms in total. The number of alkyl halides is 1. The lowest BCUT2D eigenvalue weighted by Crippen LogP contribution is -2.31. The van der Waals surface area contributed by atoms with Crippen LogP contribution in [0.3, 0.4) is 0 Å². The van der Waals surface area contributed by atoms with E-state index in [2.05, 4.69) is 12.2 Å². The lowest BCUT2D eigenvalue weighted by Gasteiger charge is -2.27. The molecule has 154 valence electrons. The Balaban J connectivity index is 1.88. The van der Waals surface area contributed by atoms with Gasteiger partial charge in [-0.15, -0.1) is 0 Å². The Bertz CT molecular complexity index is 710. The minimum absolute atomic E-state index is 0.172. The van der Waals surface area contributed by atoms with Gasteiger partial charge in [-0.1, -0.05) is 68.8 Å². The van der Waals surface area contributed by atoms with Crippen LogP contribution in [0.15, 0.2) is 36.1 Å². The highest BCUT2D eigenvalue weighted by Crippen LogP contribution is 2.44. The summed E-state index contributed by atoms with van der Waals surface area (Å²) in [6, 6.07) is 6.34. The third-order valence-electron chi connectivity index (χ3n) is 4.65. The van der Waals surface area contributed by atoms with E-state index in [0.29, 0.717) is 17.1 Å². The van der Waals surface area contributed by atoms with E-state index >= 15 is 0 Å². The molecule has 7 heteroatoms. The normalized spacial score (nSPS) is 20.0. The lowest BCUT2D eigenvalue weighted by molar-refractivity contribution is -0.135. The Morgan fingerprint density at radius 2 is 1.86 bits per heavy atom. The van der Waals surface area contributed by atoms with Gasteiger partial charge in [-0.25, -0.2) is 0 Å². The first-order valence-corrected chi connectivity index (χ1v) is 10.9. The van der Waals surface area contributed by atoms with Gasteiger partial charge in [-0.05, 0) is 37.6 Å². The Morgan fingerprint density at radius 3 is 2.54 bits per heavy atom. The first-order valence-electron chi connectivity index (χ1n) is 9.66. The van der Waals surface area contributed by atoms with Crippen LogP contribution in [0.2, 0.25) is 5.02 Å². The molecule has 1 aliphatic rings. The van der Waals surface area contributed by atoms with Gasteiger partial charge in [0.05, 0.1) is 4.75 Å². The summed E-state index contributed by atoms with van der Waals surface area (Å²) in [4.78, 5) is 24.0. The third-order valence-corrected chi connectivity index (χ3v) is 6.08. The summed E-state index contributed by atoms with van der Waals surface area (Å²) >= 11 is 6.93. The van der Waals surface area contributed by atoms with Gasteiger partial charge in [0.25, 0.3) is 5.91 Å². The Labute approximate surface area is 175 Å². The molecule has 0 bridgehead atoms. The molecule has 1 aromatic carbocycles. The van der Waals surface area contributed by atoms with E-state index in [9.17, 15) is 14.0 Å². The molecule has 1 N–H and O–H groups in total. The second-order valence-corrected chi connectivity index (χ2v) is 9.05. The summed E-state index contributed by atoms with van der Waals surface area (Å²) in [5.41, 5.74) is 0.418. The highest BCUT2D eigenvalue weighted by atomic mass is 35.5. The maximum absolute atomic E-state index is 14.4. The molecular weight excluding hydrogens is 401 g/mol. The summed E-state index contributed by atoms with van der Waals surface area (Å²) in [7, 11) is 0. The molecule has 1 aliphatic heterocycles. The van der Waals surface area contributed by atoms with Crippen LogP contribution < -0.4 is 5.32 Å². The summed E-state index contributed by atoms with van der Waals surface area (Å²) in [5.74, 6) is -0.690. The topological polar surface area (TPSA) is 55.4 Å². The summed E-state index contributed by atoms with van der Waals surface area (Å²) in [5, 5.41) is 2.78. The van der Waals surface area contributed by atoms with Crippen molar-refractivity contribution in [2.75, 3.05) is 5.32 Å². The van der Waals surface area contributed by atoms with Crippen LogP contribution in [0, 0.1) is 0 Å². The highest BCUT2D eigenvalue weighted by molar-refractivity contribution is 8.15. The molecule has 0 aliphatic carbocycles. The molecule has 1 amide bonds. The van der Waals surface area contributed by atoms with E-state index in [1.807, 2.05) is 6.92 Å². The SMILES string of the molecule is CCCCCCCCC1(C)SC(=O)C=C1OC(F)C(=O)Nc1ccc(Cl)cc1. The van der Waals surface area contributed by atoms with Gasteiger partial charge in [0.15, 0.2) is 0 Å². The van der Waals surface area contributed by atoms with Crippen LogP contribution in [0.25, 0.3) is 0 Å². The average Bonchev–Trinajstić information content (AvgIpc) is 2.93. The predicted molar refractivity (Wildman–Crippen MR) is 113 cm³/mol. The fourth-order valence-electron chi connectivity index (χ4n) is 3.03. The Kier molecular flexibility index (Phi) is 8.83. The number of halogens is 2. The number of anilines is 1. The van der Waals surface area contributed by atoms with Gasteiger partial charge < -0.3 is 10.1 Å². The summed E-state index contributed by atoms with van der Waals surface area (Å²) in [6.07, 6.45) is 6.56. The van der Waals surface area contributed by atoms with Crippen molar-refractivity contribution >= 4 is 40.1 Å². The first-order chi connectivity index (χ1) is 13.3. The van der Waals surface area contributed by atoms with Gasteiger partial charge in [0.2, 0.25) is 5.12 Å². The number of hydrogen-bond acceptors (Lipinski definition) is 4. The van der Waals surface area contributed by atoms with E-state index in [1.54, 1.807) is 24.3 Å². The number of nitrogens with one attached hydrogen (secondary N) is 1. The maximum Gasteiger partial charge on any atom is 0.316 e. The standard InChI is InChI=1S/C21H27ClFNO3S/c1-3-4-5-6-7-8-13-21(2)17(14-18(25)28-21)27-19(23)20(26)24-16-11-9-15(22)10-12-16/h9-12,14,19H,3-8,13H2,1-2H3,(H,24,26). The molecule has 2 atom stereocenters. The molecule has 28 heavy (non-hydrogen) atoms. The van der Waals surface area contributed by atoms with Crippen molar-refractivity contribution in [1.29, 1.82) is 0 Å². The number of carbonyl (C=O) groups excluding carboxylic acids is 2. The van der Waals surface area contributed by atoms with Crippen LogP contribution in [0.5, 0.6) is 0 Å². The lowest BCUT2D eigenvalue weighted by atomic mass is 9.99. The van der Waals surface area contributed by atoms with Crippen LogP contribution in [-0.4, -0.2) is 22.1 Å². The highest BCUT2D eigenvalue weighted by Gasteiger charge is 2.41. The Hall–Kier alpha value is -1.53. The van der Waals surface area contributed by atoms with E-state index in [4.69, 9.17) is 16.3 Å². The minimum Gasteiger partial charge on any atom is -0.455 e. The molecule has 0 saturated carbocycles. The van der Waals surface area contributed by atoms with E-state index in [0.717, 1.165) is 31.0 Å². The molecule has 0 aromatic heterocycles. The van der Waals surface area contributed by atoms with Crippen LogP contribution in [-0.2, 0) is 14.3 Å². The van der Waals surface area contributed by atoms with Crippen molar-refractivity contribution < 1.29 is 18.7 Å². The van der Waals surface area contributed by atoms with Crippen molar-refractivity contribution in [3.8, 4) is 0 Å². The van der Waals surface area contributed by atoms with Crippen LogP contribution >= 0.6 is 23.4 Å². The van der Waals surface area contributed by atoms with Gasteiger partial charge in [-0.2, -0.15) is 4.39 Å². The second-order valence-electron chi connectivity index (χ2n) is 7.11. The Morgan fingerprint density at radius 1 is 1.21 bits per heavy atom. The number of hydrogen-bond donors (Lipinski definition) is 1. The predicted octanol–water partition coefficient (Wildman–Crippen LogP) is 6.26. The molecule has 1 heterocycles. The van der Waals surface area contributed by atoms with Crippen LogP contribution in [0.1, 0.15) is 58.8 Å². The largest absolute Gasteiger partial charge is 0.455 e. The van der Waals surface area contributed by atoms with Gasteiger partial charge >= 0.3 is 6.36 Å². The molecular formula is C21H27ClFNO3S. The van der Waals surface area contributed by atoms with Crippen LogP contribution in [0.4, 0.5) is 10.1 Å². The first kappa shape index (κ1) is 22.8. The zero-order valence-electron chi connectivity index (χ0n) is 16.3. The number of ether oxygens (including phenoxy) is 1. The number of amides is 1. The zero-order valence-corrected chi connectivity index (χ0v) is 17.9. The summed E-state index contributed by atoms with van der Waals surface area (Å²) < 4.78 is 19.0. The number of carbonyl (C=O) groups is 2. The van der Waals surface area contributed by atoms with Crippen molar-refractivity contribution in [2.24, 2.45) is 0 Å². The van der Waals surface area contributed by atoms with E-state index in [-0.39, 0.29) is 10.9 Å². The number of unbranched alkanes of at least 4 members (excludes halogenated alkanes) is 5. The summed E-state index contributed by atoms with van der Waals surface area (Å²) in [6.45, 7) is 4.04. The molecule has 0 spiro atoms. The molecule has 2 unspecified atom stereocenters.